The van der Waals surface area contributed by atoms with Gasteiger partial charge < -0.3 is 9.80 Å². The van der Waals surface area contributed by atoms with E-state index >= 15 is 0 Å². The Labute approximate surface area is 186 Å². The fraction of sp³-hybridized carbons (Fsp3) is 0.444. The standard InChI is InChI=1S/C27H33N3O/c1-28-16-17-30(26(20-28)22-6-3-2-4-7-22)15-13-27(31)25-9-5-8-23-19-29(14-12-24(23)25)18-21-10-11-21/h2-9,13,15,21,26H,10-12,14,16-20H2,1H3/b15-13+. The van der Waals surface area contributed by atoms with E-state index < -0.39 is 0 Å². The summed E-state index contributed by atoms with van der Waals surface area (Å²) in [5, 5.41) is 0. The monoisotopic (exact) mass is 415 g/mol. The van der Waals surface area contributed by atoms with Crippen LogP contribution < -0.4 is 0 Å². The molecule has 1 atom stereocenters. The molecular formula is C27H33N3O. The number of allylic oxidation sites excluding steroid dienone is 1. The van der Waals surface area contributed by atoms with Crippen LogP contribution in [0, 0.1) is 5.92 Å². The molecule has 0 radical (unpaired) electrons. The molecule has 162 valence electrons. The van der Waals surface area contributed by atoms with E-state index in [4.69, 9.17) is 0 Å². The lowest BCUT2D eigenvalue weighted by Crippen LogP contribution is -2.44. The number of benzene rings is 2. The first-order chi connectivity index (χ1) is 15.2. The van der Waals surface area contributed by atoms with Crippen LogP contribution >= 0.6 is 0 Å². The minimum atomic E-state index is 0.137. The fourth-order valence-corrected chi connectivity index (χ4v) is 5.06. The van der Waals surface area contributed by atoms with Gasteiger partial charge in [-0.05, 0) is 48.9 Å². The number of nitrogens with zero attached hydrogens (tertiary/aromatic N) is 3. The zero-order chi connectivity index (χ0) is 21.2. The van der Waals surface area contributed by atoms with Crippen molar-refractivity contribution in [2.24, 2.45) is 5.92 Å². The number of likely N-dealkylation sites (N-methyl/N-ethyl adjacent to an activating group) is 1. The van der Waals surface area contributed by atoms with Gasteiger partial charge in [0.25, 0.3) is 0 Å². The number of rotatable bonds is 6. The normalized spacial score (nSPS) is 22.6. The van der Waals surface area contributed by atoms with Gasteiger partial charge in [-0.2, -0.15) is 0 Å². The van der Waals surface area contributed by atoms with Crippen LogP contribution in [0.1, 0.15) is 45.9 Å². The Morgan fingerprint density at radius 3 is 2.68 bits per heavy atom. The Morgan fingerprint density at radius 2 is 1.87 bits per heavy atom. The van der Waals surface area contributed by atoms with Gasteiger partial charge in [0.15, 0.2) is 5.78 Å². The summed E-state index contributed by atoms with van der Waals surface area (Å²) in [6, 6.07) is 17.2. The Hall–Kier alpha value is -2.43. The highest BCUT2D eigenvalue weighted by Gasteiger charge is 2.28. The average molecular weight is 416 g/mol. The summed E-state index contributed by atoms with van der Waals surface area (Å²) in [5.74, 6) is 1.05. The van der Waals surface area contributed by atoms with Crippen LogP contribution in [0.3, 0.4) is 0 Å². The highest BCUT2D eigenvalue weighted by Crippen LogP contribution is 2.32. The molecular weight excluding hydrogens is 382 g/mol. The second kappa shape index (κ2) is 8.97. The van der Waals surface area contributed by atoms with Crippen molar-refractivity contribution in [1.82, 2.24) is 14.7 Å². The quantitative estimate of drug-likeness (QED) is 0.523. The Morgan fingerprint density at radius 1 is 1.03 bits per heavy atom. The van der Waals surface area contributed by atoms with Gasteiger partial charge in [-0.25, -0.2) is 0 Å². The van der Waals surface area contributed by atoms with E-state index in [1.807, 2.05) is 12.3 Å². The second-order valence-electron chi connectivity index (χ2n) is 9.48. The van der Waals surface area contributed by atoms with Crippen molar-refractivity contribution in [2.45, 2.75) is 31.8 Å². The lowest BCUT2D eigenvalue weighted by molar-refractivity contribution is 0.103. The van der Waals surface area contributed by atoms with Crippen LogP contribution in [-0.4, -0.2) is 60.3 Å². The third-order valence-electron chi connectivity index (χ3n) is 7.05. The highest BCUT2D eigenvalue weighted by atomic mass is 16.1. The smallest absolute Gasteiger partial charge is 0.187 e. The minimum absolute atomic E-state index is 0.137. The van der Waals surface area contributed by atoms with Crippen molar-refractivity contribution in [3.8, 4) is 0 Å². The number of carbonyl (C=O) groups excluding carboxylic acids is 1. The first-order valence-electron chi connectivity index (χ1n) is 11.7. The molecule has 1 saturated carbocycles. The van der Waals surface area contributed by atoms with Crippen molar-refractivity contribution in [3.05, 3.63) is 83.1 Å². The van der Waals surface area contributed by atoms with Crippen LogP contribution in [0.15, 0.2) is 60.8 Å². The molecule has 0 bridgehead atoms. The van der Waals surface area contributed by atoms with Crippen LogP contribution in [0.5, 0.6) is 0 Å². The summed E-state index contributed by atoms with van der Waals surface area (Å²) < 4.78 is 0. The lowest BCUT2D eigenvalue weighted by Gasteiger charge is -2.39. The summed E-state index contributed by atoms with van der Waals surface area (Å²) >= 11 is 0. The molecule has 0 N–H and O–H groups in total. The molecule has 2 heterocycles. The SMILES string of the molecule is CN1CCN(/C=C/C(=O)c2cccc3c2CCN(CC2CC2)C3)C(c2ccccc2)C1. The average Bonchev–Trinajstić information content (AvgIpc) is 3.62. The van der Waals surface area contributed by atoms with E-state index in [0.717, 1.165) is 50.6 Å². The van der Waals surface area contributed by atoms with E-state index in [2.05, 4.69) is 64.2 Å². The van der Waals surface area contributed by atoms with Gasteiger partial charge >= 0.3 is 0 Å². The van der Waals surface area contributed by atoms with E-state index in [0.29, 0.717) is 0 Å². The molecule has 3 aliphatic rings. The third kappa shape index (κ3) is 4.76. The number of ketones is 1. The van der Waals surface area contributed by atoms with Crippen LogP contribution in [0.25, 0.3) is 0 Å². The van der Waals surface area contributed by atoms with Gasteiger partial charge in [-0.15, -0.1) is 0 Å². The summed E-state index contributed by atoms with van der Waals surface area (Å²) in [4.78, 5) is 20.5. The molecule has 2 aromatic rings. The van der Waals surface area contributed by atoms with Crippen molar-refractivity contribution in [2.75, 3.05) is 39.8 Å². The molecule has 0 aromatic heterocycles. The van der Waals surface area contributed by atoms with E-state index in [1.54, 1.807) is 6.08 Å². The first-order valence-corrected chi connectivity index (χ1v) is 11.7. The molecule has 4 nitrogen and oxygen atoms in total. The minimum Gasteiger partial charge on any atom is -0.368 e. The number of carbonyl (C=O) groups is 1. The lowest BCUT2D eigenvalue weighted by atomic mass is 9.92. The zero-order valence-corrected chi connectivity index (χ0v) is 18.5. The van der Waals surface area contributed by atoms with Crippen LogP contribution in [0.4, 0.5) is 0 Å². The van der Waals surface area contributed by atoms with Gasteiger partial charge in [0.2, 0.25) is 0 Å². The second-order valence-corrected chi connectivity index (χ2v) is 9.48. The molecule has 31 heavy (non-hydrogen) atoms. The maximum absolute atomic E-state index is 13.2. The predicted molar refractivity (Wildman–Crippen MR) is 125 cm³/mol. The number of piperazine rings is 1. The topological polar surface area (TPSA) is 26.8 Å². The van der Waals surface area contributed by atoms with Gasteiger partial charge in [0.1, 0.15) is 0 Å². The largest absolute Gasteiger partial charge is 0.368 e. The van der Waals surface area contributed by atoms with E-state index in [1.165, 1.54) is 36.1 Å². The molecule has 2 aliphatic heterocycles. The van der Waals surface area contributed by atoms with Crippen molar-refractivity contribution in [3.63, 3.8) is 0 Å². The van der Waals surface area contributed by atoms with E-state index in [-0.39, 0.29) is 11.8 Å². The first kappa shape index (κ1) is 20.5. The highest BCUT2D eigenvalue weighted by molar-refractivity contribution is 6.05. The molecule has 1 unspecified atom stereocenters. The molecule has 0 spiro atoms. The maximum atomic E-state index is 13.2. The summed E-state index contributed by atoms with van der Waals surface area (Å²) in [6.07, 6.45) is 7.60. The maximum Gasteiger partial charge on any atom is 0.187 e. The molecule has 1 saturated heterocycles. The van der Waals surface area contributed by atoms with Crippen LogP contribution in [-0.2, 0) is 13.0 Å². The fourth-order valence-electron chi connectivity index (χ4n) is 5.06. The van der Waals surface area contributed by atoms with Gasteiger partial charge in [-0.1, -0.05) is 48.5 Å². The molecule has 1 aliphatic carbocycles. The predicted octanol–water partition coefficient (Wildman–Crippen LogP) is 4.14. The van der Waals surface area contributed by atoms with Crippen molar-refractivity contribution < 1.29 is 4.79 Å². The molecule has 4 heteroatoms. The Balaban J connectivity index is 1.31. The molecule has 2 fully saturated rings. The van der Waals surface area contributed by atoms with Crippen molar-refractivity contribution >= 4 is 5.78 Å². The number of fused-ring (bicyclic) bond motifs is 1. The third-order valence-corrected chi connectivity index (χ3v) is 7.05. The summed E-state index contributed by atoms with van der Waals surface area (Å²) in [6.45, 7) is 6.21. The molecule has 2 aromatic carbocycles. The summed E-state index contributed by atoms with van der Waals surface area (Å²) in [7, 11) is 2.17. The van der Waals surface area contributed by atoms with Gasteiger partial charge in [-0.3, -0.25) is 9.69 Å². The van der Waals surface area contributed by atoms with Crippen LogP contribution in [0.2, 0.25) is 0 Å². The Bertz CT molecular complexity index is 950. The zero-order valence-electron chi connectivity index (χ0n) is 18.5. The van der Waals surface area contributed by atoms with Gasteiger partial charge in [0.05, 0.1) is 6.04 Å². The molecule has 0 amide bonds. The molecule has 5 rings (SSSR count). The van der Waals surface area contributed by atoms with E-state index in [9.17, 15) is 4.79 Å². The number of hydrogen-bond donors (Lipinski definition) is 0. The van der Waals surface area contributed by atoms with Crippen molar-refractivity contribution in [1.29, 1.82) is 0 Å². The number of hydrogen-bond acceptors (Lipinski definition) is 4. The van der Waals surface area contributed by atoms with Gasteiger partial charge in [0, 0.05) is 57.1 Å². The Kier molecular flexibility index (Phi) is 5.93. The summed E-state index contributed by atoms with van der Waals surface area (Å²) in [5.41, 5.74) is 4.80.